The lowest BCUT2D eigenvalue weighted by molar-refractivity contribution is 1.31. The number of rotatable bonds is 4. The summed E-state index contributed by atoms with van der Waals surface area (Å²) >= 11 is 0. The number of hydrogen-bond acceptors (Lipinski definition) is 1. The molecular formula is C13H21NSi. The second-order valence-corrected chi connectivity index (χ2v) is 10.2. The molecule has 0 spiro atoms. The summed E-state index contributed by atoms with van der Waals surface area (Å²) in [5.41, 5.74) is 7.87. The van der Waals surface area contributed by atoms with E-state index < -0.39 is 8.07 Å². The topological polar surface area (TPSA) is 26.0 Å². The summed E-state index contributed by atoms with van der Waals surface area (Å²) in [6.45, 7) is 7.13. The first kappa shape index (κ1) is 12.0. The molecule has 0 saturated carbocycles. The summed E-state index contributed by atoms with van der Waals surface area (Å²) in [6, 6.07) is 10.6. The Kier molecular flexibility index (Phi) is 4.15. The number of nitrogens with two attached hydrogens (primary N) is 1. The average Bonchev–Trinajstić information content (AvgIpc) is 2.21. The molecule has 15 heavy (non-hydrogen) atoms. The van der Waals surface area contributed by atoms with E-state index in [1.807, 2.05) is 18.2 Å². The largest absolute Gasteiger partial charge is 0.398 e. The van der Waals surface area contributed by atoms with Crippen LogP contribution in [0.2, 0.25) is 25.2 Å². The lowest BCUT2D eigenvalue weighted by Crippen LogP contribution is -2.21. The minimum absolute atomic E-state index is 0.865. The van der Waals surface area contributed by atoms with Crippen molar-refractivity contribution in [1.29, 1.82) is 0 Å². The van der Waals surface area contributed by atoms with E-state index in [-0.39, 0.29) is 0 Å². The summed E-state index contributed by atoms with van der Waals surface area (Å²) in [5.74, 6) is 0. The monoisotopic (exact) mass is 219 g/mol. The van der Waals surface area contributed by atoms with Gasteiger partial charge in [0.05, 0.1) is 8.07 Å². The summed E-state index contributed by atoms with van der Waals surface area (Å²) in [6.07, 6.45) is 4.43. The summed E-state index contributed by atoms with van der Waals surface area (Å²) in [4.78, 5) is 0. The Morgan fingerprint density at radius 1 is 1.27 bits per heavy atom. The molecule has 1 rings (SSSR count). The maximum atomic E-state index is 5.86. The zero-order valence-electron chi connectivity index (χ0n) is 9.96. The van der Waals surface area contributed by atoms with E-state index in [1.54, 1.807) is 0 Å². The van der Waals surface area contributed by atoms with Crippen molar-refractivity contribution in [3.63, 3.8) is 0 Å². The van der Waals surface area contributed by atoms with Gasteiger partial charge in [0.1, 0.15) is 0 Å². The molecule has 0 unspecified atom stereocenters. The second kappa shape index (κ2) is 5.17. The minimum Gasteiger partial charge on any atom is -0.398 e. The smallest absolute Gasteiger partial charge is 0.0508 e. The molecule has 0 aliphatic carbocycles. The van der Waals surface area contributed by atoms with Gasteiger partial charge in [0.2, 0.25) is 0 Å². The molecule has 1 aromatic carbocycles. The Labute approximate surface area is 94.0 Å². The van der Waals surface area contributed by atoms with Crippen molar-refractivity contribution in [2.45, 2.75) is 32.1 Å². The van der Waals surface area contributed by atoms with E-state index in [1.165, 1.54) is 12.1 Å². The highest BCUT2D eigenvalue weighted by atomic mass is 28.3. The first-order chi connectivity index (χ1) is 7.05. The van der Waals surface area contributed by atoms with Crippen LogP contribution in [0.1, 0.15) is 12.5 Å². The highest BCUT2D eigenvalue weighted by molar-refractivity contribution is 6.77. The molecule has 0 heterocycles. The quantitative estimate of drug-likeness (QED) is 0.601. The molecule has 2 heteroatoms. The van der Waals surface area contributed by atoms with Crippen LogP contribution in [-0.2, 0) is 0 Å². The number of para-hydroxylation sites is 1. The molecule has 82 valence electrons. The number of allylic oxidation sites excluding steroid dienone is 1. The molecule has 1 aromatic rings. The van der Waals surface area contributed by atoms with E-state index in [4.69, 9.17) is 5.73 Å². The Morgan fingerprint density at radius 3 is 2.53 bits per heavy atom. The number of nitrogen functional groups attached to an aromatic ring is 1. The zero-order valence-corrected chi connectivity index (χ0v) is 11.0. The number of benzene rings is 1. The van der Waals surface area contributed by atoms with Crippen molar-refractivity contribution in [3.8, 4) is 0 Å². The molecular weight excluding hydrogens is 198 g/mol. The van der Waals surface area contributed by atoms with Gasteiger partial charge in [-0.2, -0.15) is 0 Å². The molecule has 0 radical (unpaired) electrons. The summed E-state index contributed by atoms with van der Waals surface area (Å²) in [7, 11) is -0.976. The molecule has 0 aliphatic rings. The Hall–Kier alpha value is -1.02. The number of anilines is 1. The van der Waals surface area contributed by atoms with E-state index in [2.05, 4.69) is 38.2 Å². The van der Waals surface area contributed by atoms with Crippen LogP contribution in [0.5, 0.6) is 0 Å². The van der Waals surface area contributed by atoms with E-state index in [9.17, 15) is 0 Å². The first-order valence-electron chi connectivity index (χ1n) is 5.56. The van der Waals surface area contributed by atoms with Gasteiger partial charge in [-0.1, -0.05) is 56.4 Å². The molecule has 0 aromatic heterocycles. The van der Waals surface area contributed by atoms with Gasteiger partial charge in [-0.25, -0.2) is 0 Å². The molecule has 0 bridgehead atoms. The van der Waals surface area contributed by atoms with Crippen LogP contribution in [-0.4, -0.2) is 8.07 Å². The third-order valence-electron chi connectivity index (χ3n) is 2.92. The van der Waals surface area contributed by atoms with Crippen LogP contribution in [0.3, 0.4) is 0 Å². The predicted octanol–water partition coefficient (Wildman–Crippen LogP) is 4.01. The molecule has 0 fully saturated rings. The number of hydrogen-bond donors (Lipinski definition) is 1. The van der Waals surface area contributed by atoms with Gasteiger partial charge in [-0.15, -0.1) is 0 Å². The minimum atomic E-state index is -0.976. The van der Waals surface area contributed by atoms with Crippen LogP contribution < -0.4 is 5.73 Å². The van der Waals surface area contributed by atoms with Gasteiger partial charge >= 0.3 is 0 Å². The van der Waals surface area contributed by atoms with Crippen LogP contribution in [0.25, 0.3) is 6.08 Å². The third-order valence-corrected chi connectivity index (χ3v) is 6.18. The SMILES string of the molecule is CC[Si](C)(C)CC=Cc1ccccc1N. The van der Waals surface area contributed by atoms with E-state index in [0.717, 1.165) is 11.3 Å². The predicted molar refractivity (Wildman–Crippen MR) is 72.7 cm³/mol. The molecule has 2 N–H and O–H groups in total. The Bertz CT molecular complexity index is 342. The summed E-state index contributed by atoms with van der Waals surface area (Å²) < 4.78 is 0. The van der Waals surface area contributed by atoms with E-state index in [0.29, 0.717) is 0 Å². The van der Waals surface area contributed by atoms with Gasteiger partial charge < -0.3 is 5.73 Å². The second-order valence-electron chi connectivity index (χ2n) is 4.75. The molecule has 0 saturated heterocycles. The average molecular weight is 219 g/mol. The highest BCUT2D eigenvalue weighted by Gasteiger charge is 2.14. The normalized spacial score (nSPS) is 12.2. The molecule has 0 amide bonds. The molecule has 1 nitrogen and oxygen atoms in total. The lowest BCUT2D eigenvalue weighted by Gasteiger charge is -2.17. The van der Waals surface area contributed by atoms with Crippen molar-refractivity contribution in [2.24, 2.45) is 0 Å². The molecule has 0 aliphatic heterocycles. The highest BCUT2D eigenvalue weighted by Crippen LogP contribution is 2.18. The fourth-order valence-corrected chi connectivity index (χ4v) is 2.36. The Morgan fingerprint density at radius 2 is 1.93 bits per heavy atom. The molecule has 0 atom stereocenters. The van der Waals surface area contributed by atoms with Crippen molar-refractivity contribution in [3.05, 3.63) is 35.9 Å². The first-order valence-corrected chi connectivity index (χ1v) is 8.97. The maximum Gasteiger partial charge on any atom is 0.0508 e. The van der Waals surface area contributed by atoms with Crippen molar-refractivity contribution in [1.82, 2.24) is 0 Å². The van der Waals surface area contributed by atoms with Crippen molar-refractivity contribution >= 4 is 19.8 Å². The van der Waals surface area contributed by atoms with Gasteiger partial charge in [-0.3, -0.25) is 0 Å². The standard InChI is InChI=1S/C13H21NSi/c1-4-15(2,3)11-7-9-12-8-5-6-10-13(12)14/h5-10H,4,11,14H2,1-3H3. The van der Waals surface area contributed by atoms with Crippen LogP contribution >= 0.6 is 0 Å². The van der Waals surface area contributed by atoms with Crippen molar-refractivity contribution < 1.29 is 0 Å². The van der Waals surface area contributed by atoms with Gasteiger partial charge in [0.15, 0.2) is 0 Å². The van der Waals surface area contributed by atoms with Crippen LogP contribution in [0, 0.1) is 0 Å². The third kappa shape index (κ3) is 3.92. The lowest BCUT2D eigenvalue weighted by atomic mass is 10.2. The van der Waals surface area contributed by atoms with Gasteiger partial charge in [0, 0.05) is 5.69 Å². The van der Waals surface area contributed by atoms with Gasteiger partial charge in [0.25, 0.3) is 0 Å². The van der Waals surface area contributed by atoms with E-state index >= 15 is 0 Å². The van der Waals surface area contributed by atoms with Crippen LogP contribution in [0.15, 0.2) is 30.3 Å². The zero-order chi connectivity index (χ0) is 11.3. The fraction of sp³-hybridized carbons (Fsp3) is 0.385. The fourth-order valence-electron chi connectivity index (χ4n) is 1.31. The maximum absolute atomic E-state index is 5.86. The van der Waals surface area contributed by atoms with Gasteiger partial charge in [-0.05, 0) is 17.7 Å². The van der Waals surface area contributed by atoms with Crippen LogP contribution in [0.4, 0.5) is 5.69 Å². The van der Waals surface area contributed by atoms with Crippen molar-refractivity contribution in [2.75, 3.05) is 5.73 Å². The Balaban J connectivity index is 2.63. The summed E-state index contributed by atoms with van der Waals surface area (Å²) in [5, 5.41) is 0.